The van der Waals surface area contributed by atoms with E-state index in [2.05, 4.69) is 89.7 Å². The molecule has 7 rings (SSSR count). The van der Waals surface area contributed by atoms with Gasteiger partial charge in [-0.15, -0.1) is 0 Å². The van der Waals surface area contributed by atoms with E-state index in [-0.39, 0.29) is 5.91 Å². The molecule has 6 aromatic rings. The molecule has 1 amide bonds. The number of anilines is 1. The normalized spacial score (nSPS) is 14.3. The Balaban J connectivity index is 1.37. The molecule has 0 atom stereocenters. The van der Waals surface area contributed by atoms with Crippen molar-refractivity contribution < 1.29 is 9.53 Å². The van der Waals surface area contributed by atoms with Gasteiger partial charge in [-0.1, -0.05) is 115 Å². The van der Waals surface area contributed by atoms with E-state index in [1.54, 1.807) is 0 Å². The first-order valence-corrected chi connectivity index (χ1v) is 15.2. The third kappa shape index (κ3) is 5.68. The van der Waals surface area contributed by atoms with Crippen molar-refractivity contribution in [2.45, 2.75) is 19.4 Å². The number of rotatable bonds is 8. The maximum Gasteiger partial charge on any atom is 0.224 e. The Morgan fingerprint density at radius 3 is 2.11 bits per heavy atom. The lowest BCUT2D eigenvalue weighted by molar-refractivity contribution is -0.116. The molecule has 0 saturated heterocycles. The summed E-state index contributed by atoms with van der Waals surface area (Å²) in [5.74, 6) is 1.36. The van der Waals surface area contributed by atoms with Crippen molar-refractivity contribution in [1.82, 2.24) is 4.57 Å². The van der Waals surface area contributed by atoms with Crippen LogP contribution in [-0.2, 0) is 29.5 Å². The minimum Gasteiger partial charge on any atom is -0.437 e. The summed E-state index contributed by atoms with van der Waals surface area (Å²) in [4.78, 5) is 18.1. The number of fused-ring (bicyclic) bond motifs is 2. The van der Waals surface area contributed by atoms with Gasteiger partial charge in [0.2, 0.25) is 11.8 Å². The fourth-order valence-electron chi connectivity index (χ4n) is 6.11. The molecule has 0 fully saturated rings. The number of nitrogens with one attached hydrogen (secondary N) is 1. The molecular weight excluding hydrogens is 554 g/mol. The Kier molecular flexibility index (Phi) is 7.81. The molecule has 220 valence electrons. The molecule has 5 heteroatoms. The summed E-state index contributed by atoms with van der Waals surface area (Å²) in [6.45, 7) is 0.522. The van der Waals surface area contributed by atoms with Crippen molar-refractivity contribution in [3.63, 3.8) is 0 Å². The second-order valence-electron chi connectivity index (χ2n) is 11.1. The van der Waals surface area contributed by atoms with Crippen LogP contribution in [0.5, 0.6) is 0 Å². The molecule has 45 heavy (non-hydrogen) atoms. The van der Waals surface area contributed by atoms with Crippen LogP contribution in [0.15, 0.2) is 145 Å². The van der Waals surface area contributed by atoms with Crippen molar-refractivity contribution in [2.24, 2.45) is 12.0 Å². The van der Waals surface area contributed by atoms with Crippen LogP contribution in [0, 0.1) is 0 Å². The summed E-state index contributed by atoms with van der Waals surface area (Å²) >= 11 is 0. The first-order chi connectivity index (χ1) is 22.2. The Labute approximate surface area is 263 Å². The maximum absolute atomic E-state index is 13.1. The van der Waals surface area contributed by atoms with Gasteiger partial charge in [0.05, 0.1) is 6.54 Å². The maximum atomic E-state index is 13.1. The summed E-state index contributed by atoms with van der Waals surface area (Å²) in [7, 11) is 2.08. The highest BCUT2D eigenvalue weighted by Crippen LogP contribution is 2.43. The number of benzene rings is 5. The molecule has 0 spiro atoms. The number of hydrogen-bond acceptors (Lipinski definition) is 3. The Morgan fingerprint density at radius 2 is 1.36 bits per heavy atom. The van der Waals surface area contributed by atoms with E-state index in [1.807, 2.05) is 66.7 Å². The minimum atomic E-state index is -0.0240. The van der Waals surface area contributed by atoms with Crippen molar-refractivity contribution in [2.75, 3.05) is 5.32 Å². The number of nitrogens with zero attached hydrogens (tertiary/aromatic N) is 2. The molecule has 1 aromatic heterocycles. The van der Waals surface area contributed by atoms with Gasteiger partial charge < -0.3 is 14.6 Å². The molecule has 0 radical (unpaired) electrons. The van der Waals surface area contributed by atoms with E-state index in [0.29, 0.717) is 25.3 Å². The highest BCUT2D eigenvalue weighted by atomic mass is 16.5. The lowest BCUT2D eigenvalue weighted by Gasteiger charge is -2.15. The van der Waals surface area contributed by atoms with E-state index >= 15 is 0 Å². The summed E-state index contributed by atoms with van der Waals surface area (Å²) in [6.07, 6.45) is 0.893. The van der Waals surface area contributed by atoms with Gasteiger partial charge in [-0.05, 0) is 41.8 Å². The van der Waals surface area contributed by atoms with E-state index in [9.17, 15) is 4.79 Å². The smallest absolute Gasteiger partial charge is 0.224 e. The van der Waals surface area contributed by atoms with Crippen LogP contribution in [0.25, 0.3) is 22.2 Å². The largest absolute Gasteiger partial charge is 0.437 e. The number of ether oxygens (including phenoxy) is 1. The zero-order chi connectivity index (χ0) is 30.6. The van der Waals surface area contributed by atoms with Crippen LogP contribution in [-0.4, -0.2) is 16.4 Å². The summed E-state index contributed by atoms with van der Waals surface area (Å²) in [5, 5.41) is 4.16. The van der Waals surface area contributed by atoms with Crippen molar-refractivity contribution >= 4 is 39.7 Å². The number of amides is 1. The lowest BCUT2D eigenvalue weighted by Crippen LogP contribution is -2.13. The van der Waals surface area contributed by atoms with Crippen molar-refractivity contribution in [3.8, 4) is 0 Å². The van der Waals surface area contributed by atoms with Crippen LogP contribution in [0.2, 0.25) is 0 Å². The molecule has 0 unspecified atom stereocenters. The average Bonchev–Trinajstić information content (AvgIpc) is 3.59. The third-order valence-electron chi connectivity index (χ3n) is 8.26. The average molecular weight is 588 g/mol. The van der Waals surface area contributed by atoms with Crippen LogP contribution >= 0.6 is 0 Å². The van der Waals surface area contributed by atoms with Gasteiger partial charge >= 0.3 is 0 Å². The Hall–Kier alpha value is -5.68. The van der Waals surface area contributed by atoms with Gasteiger partial charge in [-0.3, -0.25) is 4.79 Å². The molecular formula is C40H33N3O2. The van der Waals surface area contributed by atoms with E-state index in [1.165, 1.54) is 0 Å². The van der Waals surface area contributed by atoms with Gasteiger partial charge in [0.1, 0.15) is 5.76 Å². The number of carbonyl (C=O) groups is 1. The molecule has 1 N–H and O–H groups in total. The third-order valence-corrected chi connectivity index (χ3v) is 8.26. The highest BCUT2D eigenvalue weighted by Gasteiger charge is 2.31. The number of aliphatic imine (C=N–C) groups is 1. The van der Waals surface area contributed by atoms with Gasteiger partial charge in [-0.2, -0.15) is 0 Å². The minimum absolute atomic E-state index is 0.0240. The fourth-order valence-corrected chi connectivity index (χ4v) is 6.11. The van der Waals surface area contributed by atoms with Gasteiger partial charge in [0.25, 0.3) is 0 Å². The lowest BCUT2D eigenvalue weighted by atomic mass is 9.90. The number of aryl methyl sites for hydroxylation is 1. The topological polar surface area (TPSA) is 55.6 Å². The van der Waals surface area contributed by atoms with Crippen LogP contribution < -0.4 is 5.32 Å². The van der Waals surface area contributed by atoms with E-state index < -0.39 is 0 Å². The predicted octanol–water partition coefficient (Wildman–Crippen LogP) is 8.64. The van der Waals surface area contributed by atoms with Gasteiger partial charge in [0, 0.05) is 58.0 Å². The van der Waals surface area contributed by atoms with Crippen molar-refractivity contribution in [1.29, 1.82) is 0 Å². The van der Waals surface area contributed by atoms with E-state index in [0.717, 1.165) is 61.4 Å². The molecule has 2 heterocycles. The quantitative estimate of drug-likeness (QED) is 0.194. The molecule has 5 aromatic carbocycles. The summed E-state index contributed by atoms with van der Waals surface area (Å²) in [6, 6.07) is 46.9. The van der Waals surface area contributed by atoms with Crippen LogP contribution in [0.4, 0.5) is 5.69 Å². The fraction of sp³-hybridized carbons (Fsp3) is 0.100. The number of hydrogen-bond donors (Lipinski definition) is 1. The van der Waals surface area contributed by atoms with Crippen LogP contribution in [0.3, 0.4) is 0 Å². The highest BCUT2D eigenvalue weighted by molar-refractivity contribution is 6.15. The van der Waals surface area contributed by atoms with Crippen LogP contribution in [0.1, 0.15) is 39.9 Å². The van der Waals surface area contributed by atoms with Gasteiger partial charge in [-0.25, -0.2) is 4.99 Å². The summed E-state index contributed by atoms with van der Waals surface area (Å²) < 4.78 is 9.00. The number of aromatic nitrogens is 1. The zero-order valence-corrected chi connectivity index (χ0v) is 25.1. The van der Waals surface area contributed by atoms with E-state index in [4.69, 9.17) is 9.73 Å². The second-order valence-corrected chi connectivity index (χ2v) is 11.1. The first-order valence-electron chi connectivity index (χ1n) is 15.2. The first kappa shape index (κ1) is 28.1. The zero-order valence-electron chi connectivity index (χ0n) is 25.1. The van der Waals surface area contributed by atoms with Gasteiger partial charge in [0.15, 0.2) is 0 Å². The SMILES string of the molecule is Cn1c(CCC(=O)Nc2ccccc2)c(/C(=C2/OC(=NCc3ccccc3)c3ccccc32)c2ccccc2)c2ccccc21. The Morgan fingerprint density at radius 1 is 0.733 bits per heavy atom. The molecule has 5 nitrogen and oxygen atoms in total. The van der Waals surface area contributed by atoms with Crippen molar-refractivity contribution in [3.05, 3.63) is 173 Å². The molecule has 1 aliphatic heterocycles. The molecule has 0 bridgehead atoms. The number of carbonyl (C=O) groups excluding carboxylic acids is 1. The second kappa shape index (κ2) is 12.5. The monoisotopic (exact) mass is 587 g/mol. The predicted molar refractivity (Wildman–Crippen MR) is 183 cm³/mol. The molecule has 0 saturated carbocycles. The molecule has 1 aliphatic rings. The Bertz CT molecular complexity index is 2040. The summed E-state index contributed by atoms with van der Waals surface area (Å²) in [5.41, 5.74) is 9.17. The number of para-hydroxylation sites is 2. The standard InChI is InChI=1S/C40H33N3O2/c1-43-34-24-14-13-23-33(34)38(35(43)25-26-36(44)42-30-19-9-4-10-20-30)37(29-17-7-3-8-18-29)39-31-21-11-12-22-32(31)40(45-39)41-27-28-15-5-2-6-16-28/h2-24H,25-27H2,1H3,(H,42,44)/b39-37+,41-40?. The molecule has 0 aliphatic carbocycles.